The number of hydrogen-bond acceptors (Lipinski definition) is 2. The Morgan fingerprint density at radius 1 is 1.53 bits per heavy atom. The van der Waals surface area contributed by atoms with Gasteiger partial charge in [-0.3, -0.25) is 4.79 Å². The zero-order chi connectivity index (χ0) is 14.0. The molecule has 1 amide bonds. The van der Waals surface area contributed by atoms with Crippen LogP contribution in [-0.2, 0) is 13.1 Å². The topological polar surface area (TPSA) is 38.4 Å². The van der Waals surface area contributed by atoms with E-state index in [1.807, 2.05) is 36.7 Å². The Morgan fingerprint density at radius 3 is 2.84 bits per heavy atom. The van der Waals surface area contributed by atoms with Gasteiger partial charge in [0.1, 0.15) is 11.5 Å². The number of amides is 1. The molecule has 0 N–H and O–H groups in total. The molecule has 0 unspecified atom stereocenters. The van der Waals surface area contributed by atoms with Crippen LogP contribution >= 0.6 is 15.9 Å². The van der Waals surface area contributed by atoms with Crippen LogP contribution in [0.15, 0.2) is 33.5 Å². The monoisotopic (exact) mass is 324 g/mol. The van der Waals surface area contributed by atoms with Gasteiger partial charge in [0.2, 0.25) is 0 Å². The molecule has 0 aliphatic heterocycles. The van der Waals surface area contributed by atoms with Crippen LogP contribution in [0.1, 0.15) is 28.7 Å². The van der Waals surface area contributed by atoms with Gasteiger partial charge in [-0.2, -0.15) is 0 Å². The number of rotatable bonds is 4. The summed E-state index contributed by atoms with van der Waals surface area (Å²) in [5.41, 5.74) is 1.72. The predicted octanol–water partition coefficient (Wildman–Crippen LogP) is 3.44. The standard InChI is InChI=1S/C14H17BrN2O2/c1-4-17-9-12(15)7-13(17)14(18)16(3)8-11-5-6-19-10(11)2/h5-7,9H,4,8H2,1-3H3. The van der Waals surface area contributed by atoms with E-state index >= 15 is 0 Å². The van der Waals surface area contributed by atoms with Crippen LogP contribution < -0.4 is 0 Å². The molecule has 0 spiro atoms. The lowest BCUT2D eigenvalue weighted by atomic mass is 10.2. The minimum atomic E-state index is 0.00755. The molecule has 2 aromatic rings. The fraction of sp³-hybridized carbons (Fsp3) is 0.357. The van der Waals surface area contributed by atoms with Gasteiger partial charge in [0, 0.05) is 36.4 Å². The van der Waals surface area contributed by atoms with Gasteiger partial charge in [0.05, 0.1) is 6.26 Å². The first-order valence-corrected chi connectivity index (χ1v) is 6.96. The van der Waals surface area contributed by atoms with E-state index < -0.39 is 0 Å². The third kappa shape index (κ3) is 2.92. The van der Waals surface area contributed by atoms with Crippen molar-refractivity contribution in [2.45, 2.75) is 26.9 Å². The van der Waals surface area contributed by atoms with Crippen LogP contribution in [0, 0.1) is 6.92 Å². The molecule has 2 aromatic heterocycles. The van der Waals surface area contributed by atoms with Gasteiger partial charge in [-0.05, 0) is 41.9 Å². The Balaban J connectivity index is 2.17. The Bertz CT molecular complexity index is 586. The second kappa shape index (κ2) is 5.65. The molecule has 2 heterocycles. The third-order valence-electron chi connectivity index (χ3n) is 3.14. The second-order valence-electron chi connectivity index (χ2n) is 4.49. The number of halogens is 1. The highest BCUT2D eigenvalue weighted by atomic mass is 79.9. The van der Waals surface area contributed by atoms with Gasteiger partial charge < -0.3 is 13.9 Å². The maximum Gasteiger partial charge on any atom is 0.270 e. The van der Waals surface area contributed by atoms with Gasteiger partial charge in [-0.15, -0.1) is 0 Å². The summed E-state index contributed by atoms with van der Waals surface area (Å²) in [4.78, 5) is 14.1. The minimum absolute atomic E-state index is 0.00755. The van der Waals surface area contributed by atoms with E-state index in [-0.39, 0.29) is 5.91 Å². The second-order valence-corrected chi connectivity index (χ2v) is 5.41. The Labute approximate surface area is 121 Å². The lowest BCUT2D eigenvalue weighted by Crippen LogP contribution is -2.28. The van der Waals surface area contributed by atoms with Crippen molar-refractivity contribution in [3.8, 4) is 0 Å². The van der Waals surface area contributed by atoms with Crippen LogP contribution in [0.5, 0.6) is 0 Å². The van der Waals surface area contributed by atoms with E-state index in [9.17, 15) is 4.79 Å². The van der Waals surface area contributed by atoms with Crippen LogP contribution in [0.2, 0.25) is 0 Å². The average Bonchev–Trinajstić information content (AvgIpc) is 2.95. The summed E-state index contributed by atoms with van der Waals surface area (Å²) in [7, 11) is 1.80. The minimum Gasteiger partial charge on any atom is -0.469 e. The van der Waals surface area contributed by atoms with E-state index in [2.05, 4.69) is 15.9 Å². The smallest absolute Gasteiger partial charge is 0.270 e. The van der Waals surface area contributed by atoms with Crippen LogP contribution in [0.4, 0.5) is 0 Å². The number of nitrogens with zero attached hydrogens (tertiary/aromatic N) is 2. The summed E-state index contributed by atoms with van der Waals surface area (Å²) in [6.07, 6.45) is 3.57. The molecule has 0 bridgehead atoms. The van der Waals surface area contributed by atoms with Crippen molar-refractivity contribution >= 4 is 21.8 Å². The van der Waals surface area contributed by atoms with Gasteiger partial charge in [0.15, 0.2) is 0 Å². The van der Waals surface area contributed by atoms with Gasteiger partial charge >= 0.3 is 0 Å². The molecule has 4 nitrogen and oxygen atoms in total. The van der Waals surface area contributed by atoms with E-state index in [1.165, 1.54) is 0 Å². The highest BCUT2D eigenvalue weighted by Crippen LogP contribution is 2.18. The number of carbonyl (C=O) groups excluding carboxylic acids is 1. The first kappa shape index (κ1) is 13.9. The molecular formula is C14H17BrN2O2. The summed E-state index contributed by atoms with van der Waals surface area (Å²) >= 11 is 3.41. The fourth-order valence-corrected chi connectivity index (χ4v) is 2.48. The van der Waals surface area contributed by atoms with Crippen molar-refractivity contribution in [3.05, 3.63) is 46.1 Å². The zero-order valence-corrected chi connectivity index (χ0v) is 12.9. The molecular weight excluding hydrogens is 308 g/mol. The van der Waals surface area contributed by atoms with E-state index in [0.29, 0.717) is 12.2 Å². The largest absolute Gasteiger partial charge is 0.469 e. The molecule has 0 aromatic carbocycles. The SMILES string of the molecule is CCn1cc(Br)cc1C(=O)N(C)Cc1ccoc1C. The number of hydrogen-bond donors (Lipinski definition) is 0. The molecule has 0 radical (unpaired) electrons. The van der Waals surface area contributed by atoms with Crippen molar-refractivity contribution in [1.29, 1.82) is 0 Å². The first-order chi connectivity index (χ1) is 9.02. The summed E-state index contributed by atoms with van der Waals surface area (Å²) in [6, 6.07) is 3.75. The van der Waals surface area contributed by atoms with Gasteiger partial charge in [-0.1, -0.05) is 0 Å². The van der Waals surface area contributed by atoms with Crippen molar-refractivity contribution in [2.24, 2.45) is 0 Å². The molecule has 0 aliphatic carbocycles. The first-order valence-electron chi connectivity index (χ1n) is 6.17. The van der Waals surface area contributed by atoms with Crippen LogP contribution in [0.25, 0.3) is 0 Å². The maximum absolute atomic E-state index is 12.4. The number of furan rings is 1. The quantitative estimate of drug-likeness (QED) is 0.864. The highest BCUT2D eigenvalue weighted by molar-refractivity contribution is 9.10. The molecule has 0 saturated heterocycles. The van der Waals surface area contributed by atoms with Gasteiger partial charge in [-0.25, -0.2) is 0 Å². The molecule has 0 saturated carbocycles. The molecule has 0 aliphatic rings. The molecule has 0 atom stereocenters. The third-order valence-corrected chi connectivity index (χ3v) is 3.58. The Kier molecular flexibility index (Phi) is 4.14. The normalized spacial score (nSPS) is 10.7. The van der Waals surface area contributed by atoms with E-state index in [1.54, 1.807) is 18.2 Å². The number of aromatic nitrogens is 1. The lowest BCUT2D eigenvalue weighted by Gasteiger charge is -2.17. The summed E-state index contributed by atoms with van der Waals surface area (Å²) in [5, 5.41) is 0. The van der Waals surface area contributed by atoms with Crippen LogP contribution in [-0.4, -0.2) is 22.4 Å². The zero-order valence-electron chi connectivity index (χ0n) is 11.3. The lowest BCUT2D eigenvalue weighted by molar-refractivity contribution is 0.0774. The molecule has 2 rings (SSSR count). The Hall–Kier alpha value is -1.49. The molecule has 0 fully saturated rings. The van der Waals surface area contributed by atoms with Crippen molar-refractivity contribution in [3.63, 3.8) is 0 Å². The number of carbonyl (C=O) groups is 1. The summed E-state index contributed by atoms with van der Waals surface area (Å²) in [6.45, 7) is 5.24. The molecule has 19 heavy (non-hydrogen) atoms. The van der Waals surface area contributed by atoms with Crippen LogP contribution in [0.3, 0.4) is 0 Å². The van der Waals surface area contributed by atoms with E-state index in [4.69, 9.17) is 4.42 Å². The van der Waals surface area contributed by atoms with E-state index in [0.717, 1.165) is 22.3 Å². The highest BCUT2D eigenvalue weighted by Gasteiger charge is 2.17. The van der Waals surface area contributed by atoms with Crippen molar-refractivity contribution in [1.82, 2.24) is 9.47 Å². The van der Waals surface area contributed by atoms with Crippen molar-refractivity contribution in [2.75, 3.05) is 7.05 Å². The Morgan fingerprint density at radius 2 is 2.26 bits per heavy atom. The number of aryl methyl sites for hydroxylation is 2. The average molecular weight is 325 g/mol. The maximum atomic E-state index is 12.4. The predicted molar refractivity (Wildman–Crippen MR) is 77.0 cm³/mol. The molecule has 5 heteroatoms. The fourth-order valence-electron chi connectivity index (χ4n) is 2.01. The molecule has 102 valence electrons. The van der Waals surface area contributed by atoms with Crippen molar-refractivity contribution < 1.29 is 9.21 Å². The summed E-state index contributed by atoms with van der Waals surface area (Å²) in [5.74, 6) is 0.861. The van der Waals surface area contributed by atoms with Gasteiger partial charge in [0.25, 0.3) is 5.91 Å². The summed E-state index contributed by atoms with van der Waals surface area (Å²) < 4.78 is 8.11.